The molecule has 8 heteroatoms. The number of aromatic nitrogens is 1. The minimum absolute atomic E-state index is 0.117. The topological polar surface area (TPSA) is 120 Å². The maximum absolute atomic E-state index is 10.9. The molecule has 0 aliphatic rings. The van der Waals surface area contributed by atoms with Crippen molar-refractivity contribution in [2.45, 2.75) is 25.6 Å². The summed E-state index contributed by atoms with van der Waals surface area (Å²) in [5, 5.41) is 30.9. The fraction of sp³-hybridized carbons (Fsp3) is 0.417. The first-order chi connectivity index (χ1) is 9.32. The number of aliphatic hydroxyl groups is 2. The van der Waals surface area contributed by atoms with Gasteiger partial charge in [-0.15, -0.1) is 0 Å². The Balaban J connectivity index is 2.76. The number of rotatable bonds is 6. The molecule has 20 heavy (non-hydrogen) atoms. The second kappa shape index (κ2) is 7.18. The number of carboxylic acids is 1. The maximum atomic E-state index is 10.9. The van der Waals surface area contributed by atoms with Crippen molar-refractivity contribution in [1.29, 1.82) is 0 Å². The molecule has 1 aromatic rings. The number of halogens is 1. The van der Waals surface area contributed by atoms with Crippen LogP contribution in [-0.2, 0) is 4.79 Å². The van der Waals surface area contributed by atoms with Crippen LogP contribution in [0.15, 0.2) is 12.3 Å². The first kappa shape index (κ1) is 16.4. The normalized spacial score (nSPS) is 13.6. The minimum atomic E-state index is -1.31. The number of amides is 1. The lowest BCUT2D eigenvalue weighted by atomic mass is 10.0. The Hall–Kier alpha value is -1.70. The van der Waals surface area contributed by atoms with Gasteiger partial charge in [0.15, 0.2) is 0 Å². The molecule has 1 amide bonds. The van der Waals surface area contributed by atoms with E-state index in [4.69, 9.17) is 16.7 Å². The third-order valence-corrected chi connectivity index (χ3v) is 2.91. The van der Waals surface area contributed by atoms with E-state index in [0.29, 0.717) is 0 Å². The molecule has 7 nitrogen and oxygen atoms in total. The van der Waals surface area contributed by atoms with Crippen molar-refractivity contribution in [2.75, 3.05) is 6.54 Å². The van der Waals surface area contributed by atoms with Crippen molar-refractivity contribution >= 4 is 23.5 Å². The Kier molecular flexibility index (Phi) is 5.87. The van der Waals surface area contributed by atoms with Crippen LogP contribution < -0.4 is 5.32 Å². The number of nitrogens with one attached hydrogen (secondary N) is 1. The fourth-order valence-electron chi connectivity index (χ4n) is 1.55. The van der Waals surface area contributed by atoms with E-state index in [9.17, 15) is 19.8 Å². The van der Waals surface area contributed by atoms with Crippen LogP contribution in [0, 0.1) is 0 Å². The molecule has 1 rings (SSSR count). The highest BCUT2D eigenvalue weighted by molar-refractivity contribution is 6.32. The van der Waals surface area contributed by atoms with Crippen LogP contribution >= 0.6 is 11.6 Å². The summed E-state index contributed by atoms with van der Waals surface area (Å²) < 4.78 is 0. The molecule has 0 saturated carbocycles. The number of nitrogens with zero attached hydrogens (tertiary/aromatic N) is 1. The summed E-state index contributed by atoms with van der Waals surface area (Å²) in [7, 11) is 0. The number of hydrogen-bond acceptors (Lipinski definition) is 5. The third-order valence-electron chi connectivity index (χ3n) is 2.61. The van der Waals surface area contributed by atoms with E-state index >= 15 is 0 Å². The summed E-state index contributed by atoms with van der Waals surface area (Å²) in [5.74, 6) is -1.52. The van der Waals surface area contributed by atoms with Gasteiger partial charge in [-0.25, -0.2) is 9.78 Å². The zero-order chi connectivity index (χ0) is 15.3. The van der Waals surface area contributed by atoms with E-state index in [1.54, 1.807) is 0 Å². The minimum Gasteiger partial charge on any atom is -0.478 e. The molecule has 2 unspecified atom stereocenters. The number of aromatic carboxylic acids is 1. The molecule has 0 aromatic carbocycles. The van der Waals surface area contributed by atoms with Crippen LogP contribution in [0.1, 0.15) is 35.4 Å². The number of carboxylic acid groups (broad SMARTS) is 1. The summed E-state index contributed by atoms with van der Waals surface area (Å²) in [4.78, 5) is 25.2. The van der Waals surface area contributed by atoms with Gasteiger partial charge in [-0.3, -0.25) is 4.79 Å². The molecule has 110 valence electrons. The van der Waals surface area contributed by atoms with E-state index in [0.717, 1.165) is 6.07 Å². The van der Waals surface area contributed by atoms with E-state index in [2.05, 4.69) is 10.3 Å². The standard InChI is InChI=1S/C12H15ClN2O5/c1-6(16)14-3-2-9(17)10(18)7-4-8(12(19)20)11(13)15-5-7/h4-5,9-10,17-18H,2-3H2,1H3,(H,14,16)(H,19,20). The maximum Gasteiger partial charge on any atom is 0.338 e. The Morgan fingerprint density at radius 1 is 1.45 bits per heavy atom. The lowest BCUT2D eigenvalue weighted by Gasteiger charge is -2.18. The van der Waals surface area contributed by atoms with Crippen LogP contribution in [0.3, 0.4) is 0 Å². The predicted molar refractivity (Wildman–Crippen MR) is 70.5 cm³/mol. The van der Waals surface area contributed by atoms with Gasteiger partial charge in [-0.2, -0.15) is 0 Å². The second-order valence-corrected chi connectivity index (χ2v) is 4.55. The van der Waals surface area contributed by atoms with Gasteiger partial charge in [0, 0.05) is 25.2 Å². The number of aliphatic hydroxyl groups excluding tert-OH is 2. The van der Waals surface area contributed by atoms with Crippen LogP contribution in [-0.4, -0.2) is 44.8 Å². The van der Waals surface area contributed by atoms with Crippen molar-refractivity contribution in [3.63, 3.8) is 0 Å². The number of pyridine rings is 1. The van der Waals surface area contributed by atoms with Crippen molar-refractivity contribution in [1.82, 2.24) is 10.3 Å². The van der Waals surface area contributed by atoms with Gasteiger partial charge in [-0.1, -0.05) is 11.6 Å². The molecule has 0 fully saturated rings. The average Bonchev–Trinajstić information content (AvgIpc) is 2.37. The van der Waals surface area contributed by atoms with Gasteiger partial charge in [0.1, 0.15) is 11.3 Å². The van der Waals surface area contributed by atoms with Crippen molar-refractivity contribution < 1.29 is 24.9 Å². The third kappa shape index (κ3) is 4.44. The van der Waals surface area contributed by atoms with Crippen molar-refractivity contribution in [3.8, 4) is 0 Å². The Morgan fingerprint density at radius 2 is 2.10 bits per heavy atom. The highest BCUT2D eigenvalue weighted by atomic mass is 35.5. The summed E-state index contributed by atoms with van der Waals surface area (Å²) in [6, 6.07) is 1.16. The SMILES string of the molecule is CC(=O)NCCC(O)C(O)c1cnc(Cl)c(C(=O)O)c1. The Bertz CT molecular complexity index is 509. The number of carbonyl (C=O) groups excluding carboxylic acids is 1. The lowest BCUT2D eigenvalue weighted by Crippen LogP contribution is -2.27. The van der Waals surface area contributed by atoms with Crippen LogP contribution in [0.2, 0.25) is 5.15 Å². The summed E-state index contributed by atoms with van der Waals surface area (Å²) in [5.41, 5.74) is -0.112. The highest BCUT2D eigenvalue weighted by Gasteiger charge is 2.21. The van der Waals surface area contributed by atoms with E-state index < -0.39 is 18.2 Å². The average molecular weight is 303 g/mol. The van der Waals surface area contributed by atoms with Gasteiger partial charge >= 0.3 is 5.97 Å². The predicted octanol–water partition coefficient (Wildman–Crippen LogP) is 0.354. The van der Waals surface area contributed by atoms with Crippen LogP contribution in [0.4, 0.5) is 0 Å². The molecule has 0 aliphatic heterocycles. The zero-order valence-corrected chi connectivity index (χ0v) is 11.5. The smallest absolute Gasteiger partial charge is 0.338 e. The van der Waals surface area contributed by atoms with E-state index in [-0.39, 0.29) is 35.2 Å². The molecular formula is C12H15ClN2O5. The highest BCUT2D eigenvalue weighted by Crippen LogP contribution is 2.22. The molecule has 0 aliphatic carbocycles. The summed E-state index contributed by atoms with van der Waals surface area (Å²) in [6.45, 7) is 1.53. The molecule has 0 saturated heterocycles. The van der Waals surface area contributed by atoms with Gasteiger partial charge in [0.05, 0.1) is 11.7 Å². The van der Waals surface area contributed by atoms with Crippen molar-refractivity contribution in [3.05, 3.63) is 28.5 Å². The molecule has 4 N–H and O–H groups in total. The number of hydrogen-bond donors (Lipinski definition) is 4. The van der Waals surface area contributed by atoms with Gasteiger partial charge < -0.3 is 20.6 Å². The molecule has 1 aromatic heterocycles. The molecular weight excluding hydrogens is 288 g/mol. The monoisotopic (exact) mass is 302 g/mol. The quantitative estimate of drug-likeness (QED) is 0.563. The number of carbonyl (C=O) groups is 2. The van der Waals surface area contributed by atoms with E-state index in [1.807, 2.05) is 0 Å². The molecule has 2 atom stereocenters. The fourth-order valence-corrected chi connectivity index (χ4v) is 1.74. The first-order valence-electron chi connectivity index (χ1n) is 5.82. The van der Waals surface area contributed by atoms with Crippen LogP contribution in [0.5, 0.6) is 0 Å². The van der Waals surface area contributed by atoms with Crippen molar-refractivity contribution in [2.24, 2.45) is 0 Å². The zero-order valence-electron chi connectivity index (χ0n) is 10.7. The lowest BCUT2D eigenvalue weighted by molar-refractivity contribution is -0.119. The first-order valence-corrected chi connectivity index (χ1v) is 6.20. The molecule has 0 bridgehead atoms. The largest absolute Gasteiger partial charge is 0.478 e. The molecule has 0 spiro atoms. The van der Waals surface area contributed by atoms with Crippen LogP contribution in [0.25, 0.3) is 0 Å². The summed E-state index contributed by atoms with van der Waals surface area (Å²) in [6.07, 6.45) is -1.16. The Labute approximate surface area is 120 Å². The Morgan fingerprint density at radius 3 is 2.65 bits per heavy atom. The second-order valence-electron chi connectivity index (χ2n) is 4.20. The van der Waals surface area contributed by atoms with Gasteiger partial charge in [0.2, 0.25) is 5.91 Å². The van der Waals surface area contributed by atoms with Gasteiger partial charge in [0.25, 0.3) is 0 Å². The summed E-state index contributed by atoms with van der Waals surface area (Å²) >= 11 is 5.61. The molecule has 0 radical (unpaired) electrons. The van der Waals surface area contributed by atoms with E-state index in [1.165, 1.54) is 13.1 Å². The molecule has 1 heterocycles. The van der Waals surface area contributed by atoms with Gasteiger partial charge in [-0.05, 0) is 12.5 Å².